The van der Waals surface area contributed by atoms with Crippen LogP contribution in [0.2, 0.25) is 0 Å². The predicted molar refractivity (Wildman–Crippen MR) is 76.4 cm³/mol. The molecule has 0 bridgehead atoms. The van der Waals surface area contributed by atoms with Gasteiger partial charge in [-0.3, -0.25) is 4.79 Å². The molecular formula is C14H18N2O5. The number of aryl methyl sites for hydroxylation is 2. The van der Waals surface area contributed by atoms with Crippen molar-refractivity contribution in [3.05, 3.63) is 29.3 Å². The number of hydrogen-bond acceptors (Lipinski definition) is 3. The van der Waals surface area contributed by atoms with Crippen LogP contribution in [0.3, 0.4) is 0 Å². The molecule has 0 spiro atoms. The molecule has 1 aromatic carbocycles. The number of urea groups is 1. The van der Waals surface area contributed by atoms with Crippen LogP contribution in [0.4, 0.5) is 10.5 Å². The SMILES string of the molecule is Cc1ccc(NC(=O)N[C@@H](CCC(=O)O)C(=O)O)cc1C. The van der Waals surface area contributed by atoms with Crippen LogP contribution in [-0.2, 0) is 9.59 Å². The highest BCUT2D eigenvalue weighted by Crippen LogP contribution is 2.14. The van der Waals surface area contributed by atoms with E-state index in [9.17, 15) is 14.4 Å². The average Bonchev–Trinajstić information content (AvgIpc) is 2.38. The number of aliphatic carboxylic acids is 2. The minimum atomic E-state index is -1.27. The second-order valence-corrected chi connectivity index (χ2v) is 4.72. The molecule has 0 radical (unpaired) electrons. The zero-order chi connectivity index (χ0) is 16.0. The fourth-order valence-electron chi connectivity index (χ4n) is 1.67. The van der Waals surface area contributed by atoms with Gasteiger partial charge in [0.25, 0.3) is 0 Å². The lowest BCUT2D eigenvalue weighted by atomic mass is 10.1. The topological polar surface area (TPSA) is 116 Å². The minimum Gasteiger partial charge on any atom is -0.481 e. The number of benzene rings is 1. The van der Waals surface area contributed by atoms with E-state index in [-0.39, 0.29) is 12.8 Å². The molecule has 0 saturated heterocycles. The summed E-state index contributed by atoms with van der Waals surface area (Å²) in [5.74, 6) is -2.39. The first kappa shape index (κ1) is 16.5. The van der Waals surface area contributed by atoms with E-state index < -0.39 is 24.0 Å². The Morgan fingerprint density at radius 2 is 1.81 bits per heavy atom. The van der Waals surface area contributed by atoms with Gasteiger partial charge in [0.2, 0.25) is 0 Å². The van der Waals surface area contributed by atoms with Crippen LogP contribution >= 0.6 is 0 Å². The van der Waals surface area contributed by atoms with Gasteiger partial charge in [-0.05, 0) is 43.5 Å². The van der Waals surface area contributed by atoms with Crippen molar-refractivity contribution >= 4 is 23.7 Å². The molecule has 114 valence electrons. The molecule has 0 fully saturated rings. The molecule has 7 heteroatoms. The summed E-state index contributed by atoms with van der Waals surface area (Å²) in [6.45, 7) is 3.83. The van der Waals surface area contributed by atoms with Crippen molar-refractivity contribution in [1.29, 1.82) is 0 Å². The van der Waals surface area contributed by atoms with E-state index in [2.05, 4.69) is 10.6 Å². The van der Waals surface area contributed by atoms with Crippen LogP contribution < -0.4 is 10.6 Å². The van der Waals surface area contributed by atoms with Crippen molar-refractivity contribution in [2.24, 2.45) is 0 Å². The molecule has 1 atom stereocenters. The van der Waals surface area contributed by atoms with Gasteiger partial charge in [-0.2, -0.15) is 0 Å². The largest absolute Gasteiger partial charge is 0.481 e. The summed E-state index contributed by atoms with van der Waals surface area (Å²) >= 11 is 0. The Morgan fingerprint density at radius 3 is 2.33 bits per heavy atom. The second-order valence-electron chi connectivity index (χ2n) is 4.72. The fourth-order valence-corrected chi connectivity index (χ4v) is 1.67. The number of carboxylic acids is 2. The first-order valence-electron chi connectivity index (χ1n) is 6.39. The molecule has 0 heterocycles. The van der Waals surface area contributed by atoms with E-state index in [4.69, 9.17) is 10.2 Å². The van der Waals surface area contributed by atoms with E-state index in [1.807, 2.05) is 19.9 Å². The van der Waals surface area contributed by atoms with E-state index in [0.29, 0.717) is 5.69 Å². The fraction of sp³-hybridized carbons (Fsp3) is 0.357. The van der Waals surface area contributed by atoms with Crippen LogP contribution in [-0.4, -0.2) is 34.2 Å². The van der Waals surface area contributed by atoms with Crippen molar-refractivity contribution in [3.63, 3.8) is 0 Å². The van der Waals surface area contributed by atoms with Gasteiger partial charge in [0, 0.05) is 12.1 Å². The number of nitrogens with one attached hydrogen (secondary N) is 2. The van der Waals surface area contributed by atoms with Gasteiger partial charge < -0.3 is 20.8 Å². The highest BCUT2D eigenvalue weighted by Gasteiger charge is 2.20. The minimum absolute atomic E-state index is 0.176. The van der Waals surface area contributed by atoms with Gasteiger partial charge in [-0.15, -0.1) is 0 Å². The summed E-state index contributed by atoms with van der Waals surface area (Å²) in [7, 11) is 0. The van der Waals surface area contributed by atoms with E-state index in [1.165, 1.54) is 0 Å². The van der Waals surface area contributed by atoms with Crippen LogP contribution in [0.1, 0.15) is 24.0 Å². The summed E-state index contributed by atoms with van der Waals surface area (Å²) in [5.41, 5.74) is 2.61. The maximum absolute atomic E-state index is 11.7. The Kier molecular flexibility index (Phi) is 5.71. The number of anilines is 1. The van der Waals surface area contributed by atoms with Gasteiger partial charge >= 0.3 is 18.0 Å². The van der Waals surface area contributed by atoms with Crippen LogP contribution in [0.5, 0.6) is 0 Å². The summed E-state index contributed by atoms with van der Waals surface area (Å²) in [6.07, 6.45) is -0.508. The van der Waals surface area contributed by atoms with Crippen molar-refractivity contribution in [2.45, 2.75) is 32.7 Å². The average molecular weight is 294 g/mol. The number of rotatable bonds is 6. The summed E-state index contributed by atoms with van der Waals surface area (Å²) in [6, 6.07) is 3.38. The van der Waals surface area contributed by atoms with Gasteiger partial charge in [-0.25, -0.2) is 9.59 Å². The van der Waals surface area contributed by atoms with Gasteiger partial charge in [0.1, 0.15) is 6.04 Å². The monoisotopic (exact) mass is 294 g/mol. The molecule has 0 aliphatic carbocycles. The quantitative estimate of drug-likeness (QED) is 0.638. The summed E-state index contributed by atoms with van der Waals surface area (Å²) in [4.78, 5) is 33.1. The molecule has 7 nitrogen and oxygen atoms in total. The summed E-state index contributed by atoms with van der Waals surface area (Å²) in [5, 5.41) is 22.3. The van der Waals surface area contributed by atoms with Crippen LogP contribution in [0, 0.1) is 13.8 Å². The molecule has 1 rings (SSSR count). The van der Waals surface area contributed by atoms with Crippen LogP contribution in [0.15, 0.2) is 18.2 Å². The first-order valence-corrected chi connectivity index (χ1v) is 6.39. The van der Waals surface area contributed by atoms with E-state index in [0.717, 1.165) is 11.1 Å². The molecule has 4 N–H and O–H groups in total. The molecule has 0 unspecified atom stereocenters. The van der Waals surface area contributed by atoms with Gasteiger partial charge in [0.05, 0.1) is 0 Å². The van der Waals surface area contributed by atoms with Crippen molar-refractivity contribution in [2.75, 3.05) is 5.32 Å². The Balaban J connectivity index is 2.62. The predicted octanol–water partition coefficient (Wildman–Crippen LogP) is 1.74. The number of carbonyl (C=O) groups excluding carboxylic acids is 1. The van der Waals surface area contributed by atoms with Gasteiger partial charge in [-0.1, -0.05) is 6.07 Å². The Labute approximate surface area is 122 Å². The molecule has 21 heavy (non-hydrogen) atoms. The van der Waals surface area contributed by atoms with Crippen LogP contribution in [0.25, 0.3) is 0 Å². The highest BCUT2D eigenvalue weighted by molar-refractivity contribution is 5.92. The third-order valence-corrected chi connectivity index (χ3v) is 3.02. The Bertz CT molecular complexity index is 556. The van der Waals surface area contributed by atoms with E-state index >= 15 is 0 Å². The third kappa shape index (κ3) is 5.52. The number of carboxylic acid groups (broad SMARTS) is 2. The Hall–Kier alpha value is -2.57. The lowest BCUT2D eigenvalue weighted by Gasteiger charge is -2.14. The molecule has 0 aliphatic rings. The third-order valence-electron chi connectivity index (χ3n) is 3.02. The molecule has 2 amide bonds. The lowest BCUT2D eigenvalue weighted by Crippen LogP contribution is -2.43. The highest BCUT2D eigenvalue weighted by atomic mass is 16.4. The summed E-state index contributed by atoms with van der Waals surface area (Å²) < 4.78 is 0. The van der Waals surface area contributed by atoms with Crippen molar-refractivity contribution in [3.8, 4) is 0 Å². The zero-order valence-electron chi connectivity index (χ0n) is 11.8. The maximum atomic E-state index is 11.7. The first-order chi connectivity index (χ1) is 9.79. The smallest absolute Gasteiger partial charge is 0.326 e. The molecule has 1 aromatic rings. The van der Waals surface area contributed by atoms with Gasteiger partial charge in [0.15, 0.2) is 0 Å². The lowest BCUT2D eigenvalue weighted by molar-refractivity contribution is -0.140. The number of carbonyl (C=O) groups is 3. The standard InChI is InChI=1S/C14H18N2O5/c1-8-3-4-10(7-9(8)2)15-14(21)16-11(13(19)20)5-6-12(17)18/h3-4,7,11H,5-6H2,1-2H3,(H,17,18)(H,19,20)(H2,15,16,21)/t11-/m0/s1. The van der Waals surface area contributed by atoms with E-state index in [1.54, 1.807) is 12.1 Å². The van der Waals surface area contributed by atoms with Crippen molar-refractivity contribution in [1.82, 2.24) is 5.32 Å². The number of amides is 2. The zero-order valence-corrected chi connectivity index (χ0v) is 11.8. The molecule has 0 saturated carbocycles. The molecular weight excluding hydrogens is 276 g/mol. The number of hydrogen-bond donors (Lipinski definition) is 4. The Morgan fingerprint density at radius 1 is 1.14 bits per heavy atom. The van der Waals surface area contributed by atoms with Crippen molar-refractivity contribution < 1.29 is 24.6 Å². The normalized spacial score (nSPS) is 11.5. The molecule has 0 aliphatic heterocycles. The second kappa shape index (κ2) is 7.28. The molecule has 0 aromatic heterocycles. The maximum Gasteiger partial charge on any atom is 0.326 e.